The van der Waals surface area contributed by atoms with Crippen molar-refractivity contribution >= 4 is 21.7 Å². The fourth-order valence-corrected chi connectivity index (χ4v) is 2.47. The quantitative estimate of drug-likeness (QED) is 0.752. The number of hydrogen-bond donors (Lipinski definition) is 2. The average molecular weight is 270 g/mol. The lowest BCUT2D eigenvalue weighted by atomic mass is 10.1. The Balaban J connectivity index is 2.21. The van der Waals surface area contributed by atoms with E-state index in [4.69, 9.17) is 5.14 Å². The number of amides is 1. The third-order valence-corrected chi connectivity index (χ3v) is 3.63. The third kappa shape index (κ3) is 2.59. The van der Waals surface area contributed by atoms with Crippen LogP contribution < -0.4 is 10.5 Å². The van der Waals surface area contributed by atoms with Gasteiger partial charge in [-0.3, -0.25) is 9.48 Å². The number of anilines is 1. The molecule has 2 rings (SSSR count). The van der Waals surface area contributed by atoms with Crippen molar-refractivity contribution in [2.45, 2.75) is 17.7 Å². The first kappa shape index (κ1) is 12.8. The Morgan fingerprint density at radius 1 is 1.50 bits per heavy atom. The number of allylic oxidation sites excluding steroid dienone is 2. The van der Waals surface area contributed by atoms with Gasteiger partial charge in [0.15, 0.2) is 5.82 Å². The van der Waals surface area contributed by atoms with Gasteiger partial charge in [0.25, 0.3) is 0 Å². The molecular formula is C10H14N4O3S. The number of carbonyl (C=O) groups is 1. The highest BCUT2D eigenvalue weighted by molar-refractivity contribution is 7.89. The molecule has 7 nitrogen and oxygen atoms in total. The highest BCUT2D eigenvalue weighted by Crippen LogP contribution is 2.22. The largest absolute Gasteiger partial charge is 0.308 e. The van der Waals surface area contributed by atoms with Gasteiger partial charge in [-0.05, 0) is 12.8 Å². The molecular weight excluding hydrogens is 256 g/mol. The minimum Gasteiger partial charge on any atom is -0.308 e. The maximum atomic E-state index is 11.9. The van der Waals surface area contributed by atoms with Crippen LogP contribution in [-0.4, -0.2) is 24.1 Å². The van der Waals surface area contributed by atoms with Gasteiger partial charge in [0.1, 0.15) is 4.90 Å². The Morgan fingerprint density at radius 2 is 2.11 bits per heavy atom. The van der Waals surface area contributed by atoms with Crippen LogP contribution in [0.5, 0.6) is 0 Å². The Morgan fingerprint density at radius 3 is 2.67 bits per heavy atom. The van der Waals surface area contributed by atoms with Crippen LogP contribution in [0.3, 0.4) is 0 Å². The first-order valence-electron chi connectivity index (χ1n) is 5.40. The molecule has 0 aliphatic heterocycles. The van der Waals surface area contributed by atoms with Crippen molar-refractivity contribution < 1.29 is 13.2 Å². The van der Waals surface area contributed by atoms with E-state index in [2.05, 4.69) is 10.4 Å². The van der Waals surface area contributed by atoms with Crippen molar-refractivity contribution in [3.8, 4) is 0 Å². The van der Waals surface area contributed by atoms with E-state index in [0.717, 1.165) is 0 Å². The number of nitrogens with two attached hydrogens (primary N) is 1. The maximum absolute atomic E-state index is 11.9. The molecule has 1 amide bonds. The number of primary sulfonamides is 1. The fraction of sp³-hybridized carbons (Fsp3) is 0.400. The Labute approximate surface area is 105 Å². The molecule has 1 aromatic rings. The lowest BCUT2D eigenvalue weighted by molar-refractivity contribution is -0.119. The Hall–Kier alpha value is -1.67. The number of aryl methyl sites for hydroxylation is 1. The predicted molar refractivity (Wildman–Crippen MR) is 65.1 cm³/mol. The Kier molecular flexibility index (Phi) is 3.22. The summed E-state index contributed by atoms with van der Waals surface area (Å²) in [6, 6.07) is 0. The first-order chi connectivity index (χ1) is 8.38. The SMILES string of the molecule is Cn1cc(S(N)(=O)=O)c(NC(=O)C2CC=CC2)n1. The Bertz CT molecular complexity index is 595. The minimum atomic E-state index is -3.90. The van der Waals surface area contributed by atoms with E-state index >= 15 is 0 Å². The van der Waals surface area contributed by atoms with Crippen LogP contribution in [0.15, 0.2) is 23.2 Å². The van der Waals surface area contributed by atoms with Gasteiger partial charge in [-0.2, -0.15) is 5.10 Å². The van der Waals surface area contributed by atoms with Gasteiger partial charge in [0, 0.05) is 19.2 Å². The summed E-state index contributed by atoms with van der Waals surface area (Å²) >= 11 is 0. The number of nitrogens with one attached hydrogen (secondary N) is 1. The van der Waals surface area contributed by atoms with Crippen LogP contribution in [0.25, 0.3) is 0 Å². The number of sulfonamides is 1. The van der Waals surface area contributed by atoms with Gasteiger partial charge in [-0.25, -0.2) is 13.6 Å². The van der Waals surface area contributed by atoms with Crippen molar-refractivity contribution in [1.82, 2.24) is 9.78 Å². The van der Waals surface area contributed by atoms with E-state index in [1.807, 2.05) is 12.2 Å². The molecule has 0 atom stereocenters. The summed E-state index contributed by atoms with van der Waals surface area (Å²) in [7, 11) is -2.34. The number of nitrogens with zero attached hydrogens (tertiary/aromatic N) is 2. The summed E-state index contributed by atoms with van der Waals surface area (Å²) < 4.78 is 24.0. The van der Waals surface area contributed by atoms with Gasteiger partial charge in [0.2, 0.25) is 15.9 Å². The standard InChI is InChI=1S/C10H14N4O3S/c1-14-6-8(18(11,16)17)9(13-14)12-10(15)7-4-2-3-5-7/h2-3,6-7H,4-5H2,1H3,(H2,11,16,17)(H,12,13,15). The molecule has 1 aromatic heterocycles. The van der Waals surface area contributed by atoms with E-state index in [1.54, 1.807) is 7.05 Å². The highest BCUT2D eigenvalue weighted by Gasteiger charge is 2.24. The first-order valence-corrected chi connectivity index (χ1v) is 6.95. The molecule has 0 unspecified atom stereocenters. The third-order valence-electron chi connectivity index (χ3n) is 2.72. The molecule has 0 saturated heterocycles. The molecule has 3 N–H and O–H groups in total. The normalized spacial score (nSPS) is 16.1. The van der Waals surface area contributed by atoms with Crippen LogP contribution in [0.1, 0.15) is 12.8 Å². The van der Waals surface area contributed by atoms with E-state index in [1.165, 1.54) is 10.9 Å². The molecule has 1 aliphatic rings. The van der Waals surface area contributed by atoms with Crippen LogP contribution >= 0.6 is 0 Å². The van der Waals surface area contributed by atoms with Crippen molar-refractivity contribution in [1.29, 1.82) is 0 Å². The second-order valence-corrected chi connectivity index (χ2v) is 5.72. The van der Waals surface area contributed by atoms with Gasteiger partial charge < -0.3 is 5.32 Å². The monoisotopic (exact) mass is 270 g/mol. The summed E-state index contributed by atoms with van der Waals surface area (Å²) in [5.41, 5.74) is 0. The lowest BCUT2D eigenvalue weighted by Gasteiger charge is -2.09. The molecule has 0 bridgehead atoms. The number of hydrogen-bond acceptors (Lipinski definition) is 4. The molecule has 18 heavy (non-hydrogen) atoms. The molecule has 0 fully saturated rings. The van der Waals surface area contributed by atoms with Crippen LogP contribution in [0.2, 0.25) is 0 Å². The molecule has 8 heteroatoms. The average Bonchev–Trinajstić information content (AvgIpc) is 2.85. The summed E-state index contributed by atoms with van der Waals surface area (Å²) in [6.07, 6.45) is 6.41. The van der Waals surface area contributed by atoms with Gasteiger partial charge in [0.05, 0.1) is 0 Å². The van der Waals surface area contributed by atoms with Crippen molar-refractivity contribution in [3.63, 3.8) is 0 Å². The minimum absolute atomic E-state index is 0.0168. The number of aromatic nitrogens is 2. The van der Waals surface area contributed by atoms with E-state index < -0.39 is 10.0 Å². The molecule has 1 aliphatic carbocycles. The van der Waals surface area contributed by atoms with Crippen molar-refractivity contribution in [3.05, 3.63) is 18.3 Å². The van der Waals surface area contributed by atoms with Gasteiger partial charge >= 0.3 is 0 Å². The molecule has 0 aromatic carbocycles. The zero-order chi connectivity index (χ0) is 13.3. The van der Waals surface area contributed by atoms with Crippen LogP contribution in [-0.2, 0) is 21.9 Å². The van der Waals surface area contributed by atoms with Crippen LogP contribution in [0, 0.1) is 5.92 Å². The molecule has 0 spiro atoms. The number of carbonyl (C=O) groups excluding carboxylic acids is 1. The van der Waals surface area contributed by atoms with Crippen molar-refractivity contribution in [2.75, 3.05) is 5.32 Å². The summed E-state index contributed by atoms with van der Waals surface area (Å²) in [4.78, 5) is 11.7. The zero-order valence-electron chi connectivity index (χ0n) is 9.83. The second kappa shape index (κ2) is 4.54. The second-order valence-electron chi connectivity index (χ2n) is 4.19. The van der Waals surface area contributed by atoms with Crippen LogP contribution in [0.4, 0.5) is 5.82 Å². The molecule has 0 radical (unpaired) electrons. The van der Waals surface area contributed by atoms with Gasteiger partial charge in [-0.1, -0.05) is 12.2 Å². The van der Waals surface area contributed by atoms with E-state index in [-0.39, 0.29) is 22.5 Å². The highest BCUT2D eigenvalue weighted by atomic mass is 32.2. The predicted octanol–water partition coefficient (Wildman–Crippen LogP) is -0.0278. The summed E-state index contributed by atoms with van der Waals surface area (Å²) in [5.74, 6) is -0.430. The van der Waals surface area contributed by atoms with Crippen molar-refractivity contribution in [2.24, 2.45) is 18.1 Å². The fourth-order valence-electron chi connectivity index (χ4n) is 1.81. The van der Waals surface area contributed by atoms with E-state index in [9.17, 15) is 13.2 Å². The topological polar surface area (TPSA) is 107 Å². The summed E-state index contributed by atoms with van der Waals surface area (Å²) in [5, 5.41) is 11.5. The lowest BCUT2D eigenvalue weighted by Crippen LogP contribution is -2.23. The molecule has 1 heterocycles. The summed E-state index contributed by atoms with van der Waals surface area (Å²) in [6.45, 7) is 0. The van der Waals surface area contributed by atoms with Gasteiger partial charge in [-0.15, -0.1) is 0 Å². The molecule has 0 saturated carbocycles. The maximum Gasteiger partial charge on any atom is 0.243 e. The number of rotatable bonds is 3. The smallest absolute Gasteiger partial charge is 0.243 e. The van der Waals surface area contributed by atoms with E-state index in [0.29, 0.717) is 12.8 Å². The zero-order valence-corrected chi connectivity index (χ0v) is 10.6. The molecule has 98 valence electrons.